The van der Waals surface area contributed by atoms with E-state index in [9.17, 15) is 13.2 Å². The molecule has 20 heavy (non-hydrogen) atoms. The van der Waals surface area contributed by atoms with Gasteiger partial charge in [0.1, 0.15) is 5.69 Å². The van der Waals surface area contributed by atoms with Crippen LogP contribution >= 0.6 is 0 Å². The summed E-state index contributed by atoms with van der Waals surface area (Å²) in [6.07, 6.45) is 4.20. The molecule has 0 bridgehead atoms. The van der Waals surface area contributed by atoms with E-state index in [0.717, 1.165) is 19.3 Å². The second kappa shape index (κ2) is 5.80. The van der Waals surface area contributed by atoms with E-state index in [1.54, 1.807) is 0 Å². The molecular formula is C11H19N5O3S. The number of piperidine rings is 1. The maximum Gasteiger partial charge on any atom is 0.301 e. The summed E-state index contributed by atoms with van der Waals surface area (Å²) in [4.78, 5) is 11.3. The number of nitrogens with two attached hydrogens (primary N) is 1. The maximum absolute atomic E-state index is 12.3. The third-order valence-corrected chi connectivity index (χ3v) is 4.74. The fraction of sp³-hybridized carbons (Fsp3) is 0.636. The summed E-state index contributed by atoms with van der Waals surface area (Å²) in [6.45, 7) is 3.33. The molecule has 0 saturated carbocycles. The first kappa shape index (κ1) is 14.8. The van der Waals surface area contributed by atoms with Crippen LogP contribution < -0.4 is 10.5 Å². The Hall–Kier alpha value is -1.61. The number of primary amides is 1. The molecular weight excluding hydrogens is 282 g/mol. The Morgan fingerprint density at radius 3 is 2.60 bits per heavy atom. The first-order chi connectivity index (χ1) is 9.44. The van der Waals surface area contributed by atoms with Crippen molar-refractivity contribution in [3.63, 3.8) is 0 Å². The highest BCUT2D eigenvalue weighted by molar-refractivity contribution is 7.90. The van der Waals surface area contributed by atoms with Gasteiger partial charge in [0, 0.05) is 25.8 Å². The standard InChI is InChI=1S/C11H19N5O3S/c1-2-15-8-9(10(13-15)11(12)17)14-20(18,19)16-6-4-3-5-7-16/h8,14H,2-7H2,1H3,(H2,12,17). The van der Waals surface area contributed by atoms with E-state index in [4.69, 9.17) is 5.73 Å². The molecule has 8 nitrogen and oxygen atoms in total. The summed E-state index contributed by atoms with van der Waals surface area (Å²) >= 11 is 0. The van der Waals surface area contributed by atoms with E-state index in [1.807, 2.05) is 6.92 Å². The predicted octanol–water partition coefficient (Wildman–Crippen LogP) is 0.145. The Labute approximate surface area is 118 Å². The number of amides is 1. The zero-order chi connectivity index (χ0) is 14.8. The molecule has 1 aromatic heterocycles. The molecule has 1 fully saturated rings. The largest absolute Gasteiger partial charge is 0.364 e. The van der Waals surface area contributed by atoms with Crippen molar-refractivity contribution in [1.29, 1.82) is 0 Å². The number of nitrogens with zero attached hydrogens (tertiary/aromatic N) is 3. The van der Waals surface area contributed by atoms with E-state index in [-0.39, 0.29) is 11.4 Å². The van der Waals surface area contributed by atoms with Gasteiger partial charge in [0.25, 0.3) is 5.91 Å². The van der Waals surface area contributed by atoms with E-state index >= 15 is 0 Å². The first-order valence-electron chi connectivity index (χ1n) is 6.59. The van der Waals surface area contributed by atoms with Gasteiger partial charge in [-0.15, -0.1) is 0 Å². The number of aryl methyl sites for hydroxylation is 1. The summed E-state index contributed by atoms with van der Waals surface area (Å²) in [5.41, 5.74) is 5.28. The highest BCUT2D eigenvalue weighted by atomic mass is 32.2. The van der Waals surface area contributed by atoms with Gasteiger partial charge in [-0.1, -0.05) is 6.42 Å². The average Bonchev–Trinajstić information content (AvgIpc) is 2.82. The summed E-state index contributed by atoms with van der Waals surface area (Å²) in [5, 5.41) is 3.95. The molecule has 0 aromatic carbocycles. The van der Waals surface area contributed by atoms with Crippen LogP contribution in [0.5, 0.6) is 0 Å². The molecule has 1 aliphatic heterocycles. The van der Waals surface area contributed by atoms with Crippen LogP contribution in [-0.4, -0.2) is 41.5 Å². The van der Waals surface area contributed by atoms with Crippen LogP contribution in [0, 0.1) is 0 Å². The fourth-order valence-corrected chi connectivity index (χ4v) is 3.44. The van der Waals surface area contributed by atoms with E-state index in [1.165, 1.54) is 15.2 Å². The van der Waals surface area contributed by atoms with Crippen LogP contribution in [0.4, 0.5) is 5.69 Å². The molecule has 0 aliphatic carbocycles. The molecule has 2 heterocycles. The normalized spacial score (nSPS) is 17.1. The Kier molecular flexibility index (Phi) is 4.29. The molecule has 0 unspecified atom stereocenters. The van der Waals surface area contributed by atoms with Crippen LogP contribution in [-0.2, 0) is 16.8 Å². The second-order valence-corrected chi connectivity index (χ2v) is 6.35. The molecule has 1 aliphatic rings. The minimum Gasteiger partial charge on any atom is -0.364 e. The van der Waals surface area contributed by atoms with Gasteiger partial charge in [0.05, 0.1) is 0 Å². The summed E-state index contributed by atoms with van der Waals surface area (Å²) in [5.74, 6) is -0.756. The molecule has 0 spiro atoms. The lowest BCUT2D eigenvalue weighted by Crippen LogP contribution is -2.39. The first-order valence-corrected chi connectivity index (χ1v) is 8.03. The van der Waals surface area contributed by atoms with E-state index < -0.39 is 16.1 Å². The predicted molar refractivity (Wildman–Crippen MR) is 74.4 cm³/mol. The zero-order valence-corrected chi connectivity index (χ0v) is 12.2. The van der Waals surface area contributed by atoms with Crippen LogP contribution in [0.2, 0.25) is 0 Å². The van der Waals surface area contributed by atoms with Crippen molar-refractivity contribution in [3.8, 4) is 0 Å². The number of hydrogen-bond acceptors (Lipinski definition) is 4. The molecule has 1 aromatic rings. The quantitative estimate of drug-likeness (QED) is 0.806. The summed E-state index contributed by atoms with van der Waals surface area (Å²) in [6, 6.07) is 0. The second-order valence-electron chi connectivity index (χ2n) is 4.68. The smallest absolute Gasteiger partial charge is 0.301 e. The minimum absolute atomic E-state index is 0.0626. The Balaban J connectivity index is 2.24. The Morgan fingerprint density at radius 1 is 1.40 bits per heavy atom. The zero-order valence-electron chi connectivity index (χ0n) is 11.4. The highest BCUT2D eigenvalue weighted by Gasteiger charge is 2.26. The van der Waals surface area contributed by atoms with Crippen LogP contribution in [0.1, 0.15) is 36.7 Å². The van der Waals surface area contributed by atoms with Crippen molar-refractivity contribution in [2.75, 3.05) is 17.8 Å². The van der Waals surface area contributed by atoms with Gasteiger partial charge in [0.15, 0.2) is 5.69 Å². The van der Waals surface area contributed by atoms with Crippen LogP contribution in [0.25, 0.3) is 0 Å². The van der Waals surface area contributed by atoms with Gasteiger partial charge >= 0.3 is 10.2 Å². The van der Waals surface area contributed by atoms with Crippen molar-refractivity contribution < 1.29 is 13.2 Å². The third kappa shape index (κ3) is 3.10. The number of hydrogen-bond donors (Lipinski definition) is 2. The van der Waals surface area contributed by atoms with Crippen LogP contribution in [0.3, 0.4) is 0 Å². The summed E-state index contributed by atoms with van der Waals surface area (Å²) in [7, 11) is -3.67. The maximum atomic E-state index is 12.3. The summed E-state index contributed by atoms with van der Waals surface area (Å²) < 4.78 is 29.8. The molecule has 0 radical (unpaired) electrons. The molecule has 9 heteroatoms. The molecule has 2 rings (SSSR count). The lowest BCUT2D eigenvalue weighted by molar-refractivity contribution is 0.0995. The fourth-order valence-electron chi connectivity index (χ4n) is 2.15. The van der Waals surface area contributed by atoms with Crippen molar-refractivity contribution in [2.45, 2.75) is 32.7 Å². The van der Waals surface area contributed by atoms with Crippen molar-refractivity contribution in [3.05, 3.63) is 11.9 Å². The third-order valence-electron chi connectivity index (χ3n) is 3.21. The number of carbonyl (C=O) groups is 1. The average molecular weight is 301 g/mol. The molecule has 0 atom stereocenters. The SMILES string of the molecule is CCn1cc(NS(=O)(=O)N2CCCCC2)c(C(N)=O)n1. The monoisotopic (exact) mass is 301 g/mol. The van der Waals surface area contributed by atoms with E-state index in [2.05, 4.69) is 9.82 Å². The highest BCUT2D eigenvalue weighted by Crippen LogP contribution is 2.19. The molecule has 3 N–H and O–H groups in total. The topological polar surface area (TPSA) is 110 Å². The lowest BCUT2D eigenvalue weighted by Gasteiger charge is -2.25. The van der Waals surface area contributed by atoms with Gasteiger partial charge < -0.3 is 5.73 Å². The lowest BCUT2D eigenvalue weighted by atomic mass is 10.2. The number of rotatable bonds is 5. The van der Waals surface area contributed by atoms with Gasteiger partial charge in [-0.05, 0) is 19.8 Å². The van der Waals surface area contributed by atoms with Crippen molar-refractivity contribution in [2.24, 2.45) is 5.73 Å². The number of carbonyl (C=O) groups excluding carboxylic acids is 1. The van der Waals surface area contributed by atoms with Gasteiger partial charge in [-0.3, -0.25) is 14.2 Å². The molecule has 1 amide bonds. The van der Waals surface area contributed by atoms with Crippen molar-refractivity contribution >= 4 is 21.8 Å². The minimum atomic E-state index is -3.67. The number of nitrogens with one attached hydrogen (secondary N) is 1. The van der Waals surface area contributed by atoms with Gasteiger partial charge in [0.2, 0.25) is 0 Å². The number of aromatic nitrogens is 2. The van der Waals surface area contributed by atoms with Gasteiger partial charge in [-0.25, -0.2) is 0 Å². The van der Waals surface area contributed by atoms with Gasteiger partial charge in [-0.2, -0.15) is 17.8 Å². The number of anilines is 1. The van der Waals surface area contributed by atoms with E-state index in [0.29, 0.717) is 19.6 Å². The Morgan fingerprint density at radius 2 is 2.05 bits per heavy atom. The Bertz CT molecular complexity index is 589. The molecule has 112 valence electrons. The van der Waals surface area contributed by atoms with Crippen LogP contribution in [0.15, 0.2) is 6.20 Å². The van der Waals surface area contributed by atoms with Crippen molar-refractivity contribution in [1.82, 2.24) is 14.1 Å². The molecule has 1 saturated heterocycles.